The number of esters is 1. The quantitative estimate of drug-likeness (QED) is 0.530. The Balaban J connectivity index is 2.06. The first-order chi connectivity index (χ1) is 11.0. The van der Waals surface area contributed by atoms with Gasteiger partial charge in [-0.1, -0.05) is 18.2 Å². The molecule has 0 fully saturated rings. The second-order valence-corrected chi connectivity index (χ2v) is 5.08. The molecule has 0 aromatic heterocycles. The number of ether oxygens (including phenoxy) is 1. The zero-order chi connectivity index (χ0) is 16.6. The standard InChI is InChI=1S/C16H11NO6/c18-15(19)13-11-3-1-2-4-12(11)16(20)23-14(13)9-5-7-10(8-6-9)17(21)22/h1-8,13-14H,(H,18,19). The van der Waals surface area contributed by atoms with E-state index in [1.165, 1.54) is 30.3 Å². The molecule has 23 heavy (non-hydrogen) atoms. The number of carboxylic acid groups (broad SMARTS) is 1. The number of hydrogen-bond acceptors (Lipinski definition) is 5. The van der Waals surface area contributed by atoms with Crippen LogP contribution < -0.4 is 0 Å². The van der Waals surface area contributed by atoms with Crippen molar-refractivity contribution < 1.29 is 24.4 Å². The Labute approximate surface area is 130 Å². The molecule has 0 saturated carbocycles. The molecular formula is C16H11NO6. The fourth-order valence-electron chi connectivity index (χ4n) is 2.67. The van der Waals surface area contributed by atoms with E-state index in [2.05, 4.69) is 0 Å². The number of nitro benzene ring substituents is 1. The molecular weight excluding hydrogens is 302 g/mol. The highest BCUT2D eigenvalue weighted by Crippen LogP contribution is 2.41. The molecule has 1 heterocycles. The van der Waals surface area contributed by atoms with E-state index in [4.69, 9.17) is 4.74 Å². The van der Waals surface area contributed by atoms with Crippen molar-refractivity contribution >= 4 is 17.6 Å². The molecule has 1 N–H and O–H groups in total. The van der Waals surface area contributed by atoms with Crippen LogP contribution in [0.4, 0.5) is 5.69 Å². The van der Waals surface area contributed by atoms with Gasteiger partial charge in [-0.15, -0.1) is 0 Å². The minimum atomic E-state index is -1.13. The van der Waals surface area contributed by atoms with Crippen molar-refractivity contribution in [2.45, 2.75) is 12.0 Å². The summed E-state index contributed by atoms with van der Waals surface area (Å²) in [7, 11) is 0. The van der Waals surface area contributed by atoms with Gasteiger partial charge in [0.2, 0.25) is 0 Å². The summed E-state index contributed by atoms with van der Waals surface area (Å²) in [5.41, 5.74) is 0.867. The summed E-state index contributed by atoms with van der Waals surface area (Å²) in [6.07, 6.45) is -1.03. The summed E-state index contributed by atoms with van der Waals surface area (Å²) in [4.78, 5) is 33.9. The summed E-state index contributed by atoms with van der Waals surface area (Å²) in [6.45, 7) is 0. The molecule has 2 aromatic carbocycles. The van der Waals surface area contributed by atoms with Crippen molar-refractivity contribution in [3.8, 4) is 0 Å². The third kappa shape index (κ3) is 2.52. The van der Waals surface area contributed by atoms with Crippen LogP contribution >= 0.6 is 0 Å². The first-order valence-corrected chi connectivity index (χ1v) is 6.76. The van der Waals surface area contributed by atoms with Crippen LogP contribution in [0.5, 0.6) is 0 Å². The number of non-ortho nitro benzene ring substituents is 1. The van der Waals surface area contributed by atoms with Gasteiger partial charge in [-0.25, -0.2) is 4.79 Å². The van der Waals surface area contributed by atoms with E-state index in [-0.39, 0.29) is 11.3 Å². The van der Waals surface area contributed by atoms with Gasteiger partial charge in [0.15, 0.2) is 0 Å². The lowest BCUT2D eigenvalue weighted by atomic mass is 9.84. The largest absolute Gasteiger partial charge is 0.481 e. The summed E-state index contributed by atoms with van der Waals surface area (Å²) in [5, 5.41) is 20.2. The molecule has 2 unspecified atom stereocenters. The molecule has 1 aliphatic heterocycles. The second-order valence-electron chi connectivity index (χ2n) is 5.08. The number of carbonyl (C=O) groups excluding carboxylic acids is 1. The van der Waals surface area contributed by atoms with E-state index < -0.39 is 28.9 Å². The van der Waals surface area contributed by atoms with Gasteiger partial charge in [-0.2, -0.15) is 0 Å². The van der Waals surface area contributed by atoms with Gasteiger partial charge in [0.1, 0.15) is 12.0 Å². The van der Waals surface area contributed by atoms with Gasteiger partial charge in [0.05, 0.1) is 10.5 Å². The molecule has 1 aliphatic rings. The van der Waals surface area contributed by atoms with Crippen LogP contribution in [0.15, 0.2) is 48.5 Å². The minimum Gasteiger partial charge on any atom is -0.481 e. The molecule has 2 atom stereocenters. The van der Waals surface area contributed by atoms with Gasteiger partial charge < -0.3 is 9.84 Å². The summed E-state index contributed by atoms with van der Waals surface area (Å²) >= 11 is 0. The van der Waals surface area contributed by atoms with Gasteiger partial charge in [-0.3, -0.25) is 14.9 Å². The zero-order valence-corrected chi connectivity index (χ0v) is 11.7. The fourth-order valence-corrected chi connectivity index (χ4v) is 2.67. The number of rotatable bonds is 3. The SMILES string of the molecule is O=C1OC(c2ccc([N+](=O)[O-])cc2)C(C(=O)O)c2ccccc21. The molecule has 116 valence electrons. The first kappa shape index (κ1) is 14.7. The number of benzene rings is 2. The van der Waals surface area contributed by atoms with Crippen LogP contribution in [0.3, 0.4) is 0 Å². The number of hydrogen-bond donors (Lipinski definition) is 1. The molecule has 0 bridgehead atoms. The zero-order valence-electron chi connectivity index (χ0n) is 11.7. The van der Waals surface area contributed by atoms with E-state index in [0.29, 0.717) is 11.1 Å². The Hall–Kier alpha value is -3.22. The van der Waals surface area contributed by atoms with Crippen molar-refractivity contribution in [3.05, 3.63) is 75.3 Å². The number of carboxylic acids is 1. The molecule has 3 rings (SSSR count). The van der Waals surface area contributed by atoms with Crippen molar-refractivity contribution in [2.24, 2.45) is 0 Å². The lowest BCUT2D eigenvalue weighted by molar-refractivity contribution is -0.384. The maximum absolute atomic E-state index is 12.1. The van der Waals surface area contributed by atoms with E-state index >= 15 is 0 Å². The van der Waals surface area contributed by atoms with Crippen LogP contribution in [0.2, 0.25) is 0 Å². The van der Waals surface area contributed by atoms with Gasteiger partial charge in [0, 0.05) is 12.1 Å². The minimum absolute atomic E-state index is 0.122. The smallest absolute Gasteiger partial charge is 0.339 e. The Morgan fingerprint density at radius 3 is 2.39 bits per heavy atom. The third-order valence-corrected chi connectivity index (χ3v) is 3.75. The van der Waals surface area contributed by atoms with Crippen LogP contribution in [0, 0.1) is 10.1 Å². The second kappa shape index (κ2) is 5.53. The Morgan fingerprint density at radius 2 is 1.78 bits per heavy atom. The number of aliphatic carboxylic acids is 1. The summed E-state index contributed by atoms with van der Waals surface area (Å²) in [5.74, 6) is -2.81. The van der Waals surface area contributed by atoms with E-state index in [1.54, 1.807) is 18.2 Å². The molecule has 7 heteroatoms. The highest BCUT2D eigenvalue weighted by molar-refractivity contribution is 5.96. The number of carbonyl (C=O) groups is 2. The fraction of sp³-hybridized carbons (Fsp3) is 0.125. The van der Waals surface area contributed by atoms with Crippen LogP contribution in [-0.2, 0) is 9.53 Å². The van der Waals surface area contributed by atoms with E-state index in [9.17, 15) is 24.8 Å². The highest BCUT2D eigenvalue weighted by atomic mass is 16.6. The Morgan fingerprint density at radius 1 is 1.13 bits per heavy atom. The van der Waals surface area contributed by atoms with E-state index in [0.717, 1.165) is 0 Å². The molecule has 0 saturated heterocycles. The van der Waals surface area contributed by atoms with Gasteiger partial charge >= 0.3 is 11.9 Å². The normalized spacial score (nSPS) is 19.6. The molecule has 2 aromatic rings. The van der Waals surface area contributed by atoms with Crippen LogP contribution in [-0.4, -0.2) is 22.0 Å². The Kier molecular flexibility index (Phi) is 3.53. The predicted molar refractivity (Wildman–Crippen MR) is 78.1 cm³/mol. The molecule has 0 radical (unpaired) electrons. The van der Waals surface area contributed by atoms with Crippen LogP contribution in [0.1, 0.15) is 33.5 Å². The Bertz CT molecular complexity index is 798. The molecule has 7 nitrogen and oxygen atoms in total. The molecule has 0 amide bonds. The highest BCUT2D eigenvalue weighted by Gasteiger charge is 2.41. The lowest BCUT2D eigenvalue weighted by Crippen LogP contribution is -2.31. The number of fused-ring (bicyclic) bond motifs is 1. The molecule has 0 spiro atoms. The predicted octanol–water partition coefficient (Wildman–Crippen LogP) is 2.67. The third-order valence-electron chi connectivity index (χ3n) is 3.75. The van der Waals surface area contributed by atoms with Crippen molar-refractivity contribution in [1.82, 2.24) is 0 Å². The maximum atomic E-state index is 12.1. The van der Waals surface area contributed by atoms with Crippen LogP contribution in [0.25, 0.3) is 0 Å². The van der Waals surface area contributed by atoms with Crippen molar-refractivity contribution in [3.63, 3.8) is 0 Å². The monoisotopic (exact) mass is 313 g/mol. The van der Waals surface area contributed by atoms with Gasteiger partial charge in [0.25, 0.3) is 5.69 Å². The van der Waals surface area contributed by atoms with Gasteiger partial charge in [-0.05, 0) is 29.3 Å². The van der Waals surface area contributed by atoms with Crippen molar-refractivity contribution in [1.29, 1.82) is 0 Å². The first-order valence-electron chi connectivity index (χ1n) is 6.76. The lowest BCUT2D eigenvalue weighted by Gasteiger charge is -2.30. The summed E-state index contributed by atoms with van der Waals surface area (Å²) < 4.78 is 5.28. The maximum Gasteiger partial charge on any atom is 0.339 e. The summed E-state index contributed by atoms with van der Waals surface area (Å²) in [6, 6.07) is 11.7. The topological polar surface area (TPSA) is 107 Å². The average molecular weight is 313 g/mol. The average Bonchev–Trinajstić information content (AvgIpc) is 2.54. The molecule has 0 aliphatic carbocycles. The number of cyclic esters (lactones) is 1. The number of nitro groups is 1. The van der Waals surface area contributed by atoms with E-state index in [1.807, 2.05) is 0 Å². The van der Waals surface area contributed by atoms with Crippen molar-refractivity contribution in [2.75, 3.05) is 0 Å². The number of nitrogens with zero attached hydrogens (tertiary/aromatic N) is 1.